The molecule has 5 heterocycles. The zero-order valence-corrected chi connectivity index (χ0v) is 22.3. The van der Waals surface area contributed by atoms with Crippen LogP contribution in [0.2, 0.25) is 0 Å². The van der Waals surface area contributed by atoms with Crippen molar-refractivity contribution in [1.29, 1.82) is 0 Å². The fraction of sp³-hybridized carbons (Fsp3) is 0.519. The number of thiophene rings is 1. The second-order valence-corrected chi connectivity index (χ2v) is 11.9. The first-order valence-electron chi connectivity index (χ1n) is 13.0. The Morgan fingerprint density at radius 3 is 2.86 bits per heavy atom. The lowest BCUT2D eigenvalue weighted by Gasteiger charge is -2.31. The highest BCUT2D eigenvalue weighted by atomic mass is 32.1. The summed E-state index contributed by atoms with van der Waals surface area (Å²) in [5.74, 6) is 0.451. The Kier molecular flexibility index (Phi) is 5.89. The number of anilines is 2. The molecule has 1 spiro atoms. The maximum absolute atomic E-state index is 15.4. The summed E-state index contributed by atoms with van der Waals surface area (Å²) < 4.78 is 21.5. The topological polar surface area (TPSA) is 119 Å². The number of nitrogens with zero attached hydrogens (tertiary/aromatic N) is 3. The number of nitrogens with one attached hydrogen (secondary N) is 1. The van der Waals surface area contributed by atoms with Crippen LogP contribution in [-0.4, -0.2) is 53.3 Å². The summed E-state index contributed by atoms with van der Waals surface area (Å²) in [7, 11) is 0. The molecule has 4 atom stereocenters. The fourth-order valence-electron chi connectivity index (χ4n) is 6.36. The number of rotatable bonds is 3. The second-order valence-electron chi connectivity index (χ2n) is 10.9. The van der Waals surface area contributed by atoms with Gasteiger partial charge in [0.1, 0.15) is 26.9 Å². The van der Waals surface area contributed by atoms with Gasteiger partial charge in [0, 0.05) is 47.6 Å². The van der Waals surface area contributed by atoms with Gasteiger partial charge in [-0.1, -0.05) is 6.92 Å². The average Bonchev–Trinajstić information content (AvgIpc) is 3.50. The first-order valence-corrected chi connectivity index (χ1v) is 13.8. The van der Waals surface area contributed by atoms with Gasteiger partial charge in [-0.2, -0.15) is 0 Å². The Morgan fingerprint density at radius 1 is 1.30 bits per heavy atom. The van der Waals surface area contributed by atoms with E-state index in [2.05, 4.69) is 22.1 Å². The van der Waals surface area contributed by atoms with E-state index in [9.17, 15) is 4.79 Å². The van der Waals surface area contributed by atoms with Crippen molar-refractivity contribution in [3.8, 4) is 0 Å². The molecule has 0 saturated carbocycles. The molecule has 2 fully saturated rings. The Morgan fingerprint density at radius 2 is 2.11 bits per heavy atom. The molecule has 5 N–H and O–H groups in total. The molecule has 0 radical (unpaired) electrons. The molecule has 3 aromatic rings. The van der Waals surface area contributed by atoms with Crippen LogP contribution in [0.5, 0.6) is 0 Å². The minimum Gasteiger partial charge on any atom is -0.397 e. The molecular formula is C27H33FN6O2S. The van der Waals surface area contributed by atoms with Gasteiger partial charge in [0.05, 0.1) is 18.3 Å². The van der Waals surface area contributed by atoms with Crippen molar-refractivity contribution in [3.05, 3.63) is 45.3 Å². The number of hydrogen-bond donors (Lipinski definition) is 3. The zero-order valence-electron chi connectivity index (χ0n) is 21.4. The predicted octanol–water partition coefficient (Wildman–Crippen LogP) is 3.26. The third kappa shape index (κ3) is 3.97. The van der Waals surface area contributed by atoms with Crippen molar-refractivity contribution < 1.29 is 13.9 Å². The largest absolute Gasteiger partial charge is 0.397 e. The van der Waals surface area contributed by atoms with Crippen molar-refractivity contribution >= 4 is 39.0 Å². The number of aromatic nitrogens is 2. The van der Waals surface area contributed by atoms with Crippen molar-refractivity contribution in [2.45, 2.75) is 64.1 Å². The van der Waals surface area contributed by atoms with E-state index in [4.69, 9.17) is 21.2 Å². The van der Waals surface area contributed by atoms with Crippen molar-refractivity contribution in [2.75, 3.05) is 30.3 Å². The highest BCUT2D eigenvalue weighted by Gasteiger charge is 2.52. The Labute approximate surface area is 219 Å². The number of amides is 1. The number of pyridine rings is 2. The normalized spacial score (nSPS) is 27.3. The number of fused-ring (bicyclic) bond motifs is 2. The molecule has 3 aliphatic rings. The standard InChI is InChI=1S/C27H33FN6O2S/c1-13-8-15(3)31-26-22(13)23(30)24(37-26)25(35)32-16-4-5-19-17(9-16)18(28)10-21(33-19)34-11-20(29)27(12-34)14(2)6-7-36-27/h8,10,14,16,20H,4-7,9,11-12,29-30H2,1-3H3,(H,32,35). The van der Waals surface area contributed by atoms with Crippen molar-refractivity contribution in [1.82, 2.24) is 15.3 Å². The molecule has 1 aliphatic carbocycles. The summed E-state index contributed by atoms with van der Waals surface area (Å²) in [6.45, 7) is 8.01. The number of hydrogen-bond acceptors (Lipinski definition) is 8. The number of aryl methyl sites for hydroxylation is 3. The van der Waals surface area contributed by atoms with Gasteiger partial charge in [-0.05, 0) is 57.1 Å². The lowest BCUT2D eigenvalue weighted by molar-refractivity contribution is -0.0109. The predicted molar refractivity (Wildman–Crippen MR) is 144 cm³/mol. The van der Waals surface area contributed by atoms with Crippen LogP contribution in [0, 0.1) is 25.6 Å². The summed E-state index contributed by atoms with van der Waals surface area (Å²) in [5.41, 5.74) is 16.1. The number of nitrogen functional groups attached to an aromatic ring is 1. The molecule has 3 aromatic heterocycles. The Bertz CT molecular complexity index is 1410. The molecule has 196 valence electrons. The van der Waals surface area contributed by atoms with Crippen LogP contribution in [0.25, 0.3) is 10.2 Å². The van der Waals surface area contributed by atoms with Crippen LogP contribution in [0.1, 0.15) is 52.0 Å². The van der Waals surface area contributed by atoms with Gasteiger partial charge in [-0.25, -0.2) is 14.4 Å². The van der Waals surface area contributed by atoms with Gasteiger partial charge in [0.25, 0.3) is 5.91 Å². The van der Waals surface area contributed by atoms with E-state index in [1.165, 1.54) is 17.4 Å². The van der Waals surface area contributed by atoms with Crippen LogP contribution >= 0.6 is 11.3 Å². The number of nitrogens with two attached hydrogens (primary N) is 2. The summed E-state index contributed by atoms with van der Waals surface area (Å²) in [6, 6.07) is 3.15. The molecular weight excluding hydrogens is 491 g/mol. The van der Waals surface area contributed by atoms with Gasteiger partial charge in [-0.3, -0.25) is 4.79 Å². The van der Waals surface area contributed by atoms with Crippen molar-refractivity contribution in [3.63, 3.8) is 0 Å². The lowest BCUT2D eigenvalue weighted by atomic mass is 9.85. The van der Waals surface area contributed by atoms with E-state index in [1.807, 2.05) is 19.9 Å². The molecule has 2 aliphatic heterocycles. The molecule has 2 saturated heterocycles. The van der Waals surface area contributed by atoms with E-state index in [-0.39, 0.29) is 29.4 Å². The summed E-state index contributed by atoms with van der Waals surface area (Å²) in [4.78, 5) is 25.8. The van der Waals surface area contributed by atoms with E-state index >= 15 is 4.39 Å². The summed E-state index contributed by atoms with van der Waals surface area (Å²) in [5, 5.41) is 3.91. The van der Waals surface area contributed by atoms with Crippen molar-refractivity contribution in [2.24, 2.45) is 11.7 Å². The molecule has 0 aromatic carbocycles. The average molecular weight is 525 g/mol. The monoisotopic (exact) mass is 524 g/mol. The summed E-state index contributed by atoms with van der Waals surface area (Å²) >= 11 is 1.30. The van der Waals surface area contributed by atoms with E-state index in [0.29, 0.717) is 66.8 Å². The molecule has 0 bridgehead atoms. The first kappa shape index (κ1) is 24.5. The minimum atomic E-state index is -0.384. The number of carbonyl (C=O) groups excluding carboxylic acids is 1. The molecule has 37 heavy (non-hydrogen) atoms. The van der Waals surface area contributed by atoms with E-state index in [1.54, 1.807) is 0 Å². The Balaban J connectivity index is 1.19. The highest BCUT2D eigenvalue weighted by molar-refractivity contribution is 7.21. The third-order valence-electron chi connectivity index (χ3n) is 8.45. The zero-order chi connectivity index (χ0) is 26.1. The van der Waals surface area contributed by atoms with Crippen LogP contribution in [0.4, 0.5) is 15.9 Å². The summed E-state index contributed by atoms with van der Waals surface area (Å²) in [6.07, 6.45) is 2.65. The maximum atomic E-state index is 15.4. The highest BCUT2D eigenvalue weighted by Crippen LogP contribution is 2.41. The van der Waals surface area contributed by atoms with Gasteiger partial charge in [-0.15, -0.1) is 11.3 Å². The molecule has 6 rings (SSSR count). The Hall–Kier alpha value is -2.82. The van der Waals surface area contributed by atoms with Crippen LogP contribution in [0.15, 0.2) is 12.1 Å². The minimum absolute atomic E-state index is 0.130. The molecule has 8 nitrogen and oxygen atoms in total. The molecule has 4 unspecified atom stereocenters. The fourth-order valence-corrected chi connectivity index (χ4v) is 7.48. The second kappa shape index (κ2) is 8.89. The van der Waals surface area contributed by atoms with Gasteiger partial charge < -0.3 is 26.4 Å². The van der Waals surface area contributed by atoms with Gasteiger partial charge in [0.2, 0.25) is 0 Å². The first-order chi connectivity index (χ1) is 17.7. The van der Waals surface area contributed by atoms with Gasteiger partial charge in [0.15, 0.2) is 0 Å². The SMILES string of the molecule is Cc1cc(C)c2c(N)c(C(=O)NC3CCc4nc(N5CC(N)C6(C5)OCCC6C)cc(F)c4C3)sc2n1. The quantitative estimate of drug-likeness (QED) is 0.481. The third-order valence-corrected chi connectivity index (χ3v) is 9.55. The number of carbonyl (C=O) groups is 1. The number of ether oxygens (including phenoxy) is 1. The number of halogens is 1. The van der Waals surface area contributed by atoms with Gasteiger partial charge >= 0.3 is 0 Å². The molecule has 1 amide bonds. The van der Waals surface area contributed by atoms with Crippen LogP contribution in [0.3, 0.4) is 0 Å². The van der Waals surface area contributed by atoms with E-state index in [0.717, 1.165) is 33.6 Å². The maximum Gasteiger partial charge on any atom is 0.263 e. The smallest absolute Gasteiger partial charge is 0.263 e. The molecule has 10 heteroatoms. The van der Waals surface area contributed by atoms with Crippen LogP contribution < -0.4 is 21.7 Å². The van der Waals surface area contributed by atoms with E-state index < -0.39 is 0 Å². The van der Waals surface area contributed by atoms with Crippen LogP contribution in [-0.2, 0) is 17.6 Å². The lowest BCUT2D eigenvalue weighted by Crippen LogP contribution is -2.50.